The van der Waals surface area contributed by atoms with Gasteiger partial charge in [-0.25, -0.2) is 0 Å². The zero-order valence-electron chi connectivity index (χ0n) is 27.6. The molecule has 0 saturated carbocycles. The monoisotopic (exact) mass is 556 g/mol. The van der Waals surface area contributed by atoms with E-state index in [1.165, 1.54) is 37.3 Å². The van der Waals surface area contributed by atoms with Crippen molar-refractivity contribution >= 4 is 23.1 Å². The van der Waals surface area contributed by atoms with Crippen LogP contribution in [-0.4, -0.2) is 23.1 Å². The highest BCUT2D eigenvalue weighted by molar-refractivity contribution is 6.00. The molecule has 0 saturated heterocycles. The second kappa shape index (κ2) is 20.7. The fraction of sp³-hybridized carbons (Fsp3) is 0.722. The number of carbonyl (C=O) groups is 4. The average molecular weight is 557 g/mol. The summed E-state index contributed by atoms with van der Waals surface area (Å²) in [6, 6.07) is 4.15. The summed E-state index contributed by atoms with van der Waals surface area (Å²) in [5.74, 6) is 1.87. The maximum absolute atomic E-state index is 12.8. The fourth-order valence-electron chi connectivity index (χ4n) is 5.82. The average Bonchev–Trinajstić information content (AvgIpc) is 2.85. The molecule has 2 rings (SSSR count). The molecule has 0 amide bonds. The van der Waals surface area contributed by atoms with Crippen molar-refractivity contribution in [3.8, 4) is 0 Å². The zero-order chi connectivity index (χ0) is 30.8. The smallest absolute Gasteiger partial charge is 0.163 e. The van der Waals surface area contributed by atoms with Crippen molar-refractivity contribution in [1.29, 1.82) is 0 Å². The Morgan fingerprint density at radius 1 is 0.875 bits per heavy atom. The highest BCUT2D eigenvalue weighted by Gasteiger charge is 2.33. The predicted octanol–water partition coefficient (Wildman–Crippen LogP) is 9.64. The Bertz CT molecular complexity index is 927. The molecule has 1 aromatic carbocycles. The Labute approximate surface area is 246 Å². The summed E-state index contributed by atoms with van der Waals surface area (Å²) in [5, 5.41) is 0. The maximum atomic E-state index is 12.8. The summed E-state index contributed by atoms with van der Waals surface area (Å²) < 4.78 is 0. The van der Waals surface area contributed by atoms with Gasteiger partial charge < -0.3 is 4.79 Å². The van der Waals surface area contributed by atoms with E-state index in [0.29, 0.717) is 18.1 Å². The molecule has 1 aliphatic carbocycles. The molecule has 40 heavy (non-hydrogen) atoms. The number of ketones is 4. The second-order valence-electron chi connectivity index (χ2n) is 12.4. The number of aryl methyl sites for hydroxylation is 2. The van der Waals surface area contributed by atoms with Gasteiger partial charge >= 0.3 is 0 Å². The van der Waals surface area contributed by atoms with Crippen LogP contribution >= 0.6 is 0 Å². The van der Waals surface area contributed by atoms with Crippen LogP contribution in [0.2, 0.25) is 0 Å². The van der Waals surface area contributed by atoms with Gasteiger partial charge in [0.25, 0.3) is 0 Å². The third-order valence-corrected chi connectivity index (χ3v) is 7.70. The van der Waals surface area contributed by atoms with Crippen molar-refractivity contribution in [2.45, 2.75) is 146 Å². The lowest BCUT2D eigenvalue weighted by molar-refractivity contribution is -0.130. The Hall–Kier alpha value is -2.10. The summed E-state index contributed by atoms with van der Waals surface area (Å²) in [6.45, 7) is 20.1. The van der Waals surface area contributed by atoms with Crippen LogP contribution in [-0.2, 0) is 20.8 Å². The van der Waals surface area contributed by atoms with Crippen molar-refractivity contribution in [3.63, 3.8) is 0 Å². The molecule has 0 bridgehead atoms. The number of Topliss-reactive ketones (excluding diaryl/α,β-unsaturated/α-hetero) is 4. The summed E-state index contributed by atoms with van der Waals surface area (Å²) in [4.78, 5) is 47.3. The van der Waals surface area contributed by atoms with E-state index in [0.717, 1.165) is 62.0 Å². The van der Waals surface area contributed by atoms with E-state index in [9.17, 15) is 19.2 Å². The lowest BCUT2D eigenvalue weighted by Crippen LogP contribution is -2.30. The number of carbonyl (C=O) groups excluding carboxylic acids is 4. The molecule has 0 radical (unpaired) electrons. The van der Waals surface area contributed by atoms with Crippen molar-refractivity contribution in [3.05, 3.63) is 34.4 Å². The van der Waals surface area contributed by atoms with E-state index in [-0.39, 0.29) is 35.6 Å². The quantitative estimate of drug-likeness (QED) is 0.169. The first kappa shape index (κ1) is 37.9. The van der Waals surface area contributed by atoms with Gasteiger partial charge in [0.15, 0.2) is 5.78 Å². The van der Waals surface area contributed by atoms with E-state index in [1.54, 1.807) is 6.92 Å². The molecule has 3 atom stereocenters. The lowest BCUT2D eigenvalue weighted by atomic mass is 9.71. The van der Waals surface area contributed by atoms with Gasteiger partial charge in [0.1, 0.15) is 17.3 Å². The molecular weight excluding hydrogens is 496 g/mol. The van der Waals surface area contributed by atoms with Gasteiger partial charge in [-0.1, -0.05) is 85.8 Å². The number of hydrogen-bond acceptors (Lipinski definition) is 4. The molecule has 228 valence electrons. The Kier molecular flexibility index (Phi) is 19.6. The van der Waals surface area contributed by atoms with Crippen molar-refractivity contribution in [2.75, 3.05) is 0 Å². The predicted molar refractivity (Wildman–Crippen MR) is 169 cm³/mol. The second-order valence-corrected chi connectivity index (χ2v) is 12.4. The van der Waals surface area contributed by atoms with Crippen LogP contribution in [0.5, 0.6) is 0 Å². The molecule has 0 aliphatic heterocycles. The molecule has 0 aromatic heterocycles. The van der Waals surface area contributed by atoms with Gasteiger partial charge in [0, 0.05) is 24.3 Å². The first-order valence-corrected chi connectivity index (χ1v) is 16.0. The lowest BCUT2D eigenvalue weighted by Gasteiger charge is -2.32. The van der Waals surface area contributed by atoms with Gasteiger partial charge in [-0.15, -0.1) is 0 Å². The van der Waals surface area contributed by atoms with E-state index >= 15 is 0 Å². The molecule has 1 aliphatic rings. The summed E-state index contributed by atoms with van der Waals surface area (Å²) in [6.07, 6.45) is 10.8. The number of hydrogen-bond donors (Lipinski definition) is 0. The summed E-state index contributed by atoms with van der Waals surface area (Å²) in [5.41, 5.74) is 4.40. The highest BCUT2D eigenvalue weighted by atomic mass is 16.1. The van der Waals surface area contributed by atoms with Gasteiger partial charge in [-0.2, -0.15) is 0 Å². The van der Waals surface area contributed by atoms with Crippen LogP contribution in [0.3, 0.4) is 0 Å². The van der Waals surface area contributed by atoms with Gasteiger partial charge in [-0.05, 0) is 87.8 Å². The maximum Gasteiger partial charge on any atom is 0.163 e. The van der Waals surface area contributed by atoms with Crippen molar-refractivity contribution < 1.29 is 19.2 Å². The molecule has 0 fully saturated rings. The third kappa shape index (κ3) is 14.5. The molecule has 0 spiro atoms. The minimum atomic E-state index is -0.0658. The van der Waals surface area contributed by atoms with E-state index in [4.69, 9.17) is 0 Å². The summed E-state index contributed by atoms with van der Waals surface area (Å²) in [7, 11) is 0. The van der Waals surface area contributed by atoms with Crippen LogP contribution in [0.4, 0.5) is 0 Å². The van der Waals surface area contributed by atoms with E-state index in [2.05, 4.69) is 47.6 Å². The Balaban J connectivity index is 0.000000978. The largest absolute Gasteiger partial charge is 0.300 e. The van der Waals surface area contributed by atoms with Crippen LogP contribution in [0.1, 0.15) is 153 Å². The van der Waals surface area contributed by atoms with Crippen molar-refractivity contribution in [2.24, 2.45) is 23.7 Å². The standard InChI is InChI=1S/C24H34O3.C9H18O.C3H8/c1-6-8-19(20(7-2)22(26)11-17(5)25)12-18-13-21-15(3)9-10-16(4)24(21)23(27)14-18;1-8(2)6-4-5-7-9(3)10;1-3-2/h9-10,18-20H,6-8,11-14H2,1-5H3;8H,4-7H2,1-3H3;3H2,1-2H3. The summed E-state index contributed by atoms with van der Waals surface area (Å²) >= 11 is 0. The molecule has 3 unspecified atom stereocenters. The molecule has 0 N–H and O–H groups in total. The van der Waals surface area contributed by atoms with Crippen LogP contribution < -0.4 is 0 Å². The fourth-order valence-corrected chi connectivity index (χ4v) is 5.82. The SMILES string of the molecule is CC(=O)CCCCC(C)C.CCC.CCCC(CC1CC(=O)c2c(C)ccc(C)c2C1)C(CC)C(=O)CC(C)=O. The number of benzene rings is 1. The minimum Gasteiger partial charge on any atom is -0.300 e. The topological polar surface area (TPSA) is 68.3 Å². The van der Waals surface area contributed by atoms with Crippen LogP contribution in [0.25, 0.3) is 0 Å². The zero-order valence-corrected chi connectivity index (χ0v) is 27.6. The molecule has 4 heteroatoms. The molecule has 4 nitrogen and oxygen atoms in total. The highest BCUT2D eigenvalue weighted by Crippen LogP contribution is 2.37. The van der Waals surface area contributed by atoms with Crippen LogP contribution in [0, 0.1) is 37.5 Å². The normalized spacial score (nSPS) is 15.7. The van der Waals surface area contributed by atoms with E-state index in [1.807, 2.05) is 19.9 Å². The molecule has 0 heterocycles. The van der Waals surface area contributed by atoms with Gasteiger partial charge in [0.05, 0.1) is 6.42 Å². The number of unbranched alkanes of at least 4 members (excludes halogenated alkanes) is 1. The molecular formula is C36H60O4. The minimum absolute atomic E-state index is 0.0451. The van der Waals surface area contributed by atoms with Gasteiger partial charge in [-0.3, -0.25) is 14.4 Å². The molecule has 1 aromatic rings. The third-order valence-electron chi connectivity index (χ3n) is 7.70. The first-order chi connectivity index (χ1) is 18.8. The Morgan fingerprint density at radius 3 is 1.98 bits per heavy atom. The van der Waals surface area contributed by atoms with Gasteiger partial charge in [0.2, 0.25) is 0 Å². The van der Waals surface area contributed by atoms with Crippen LogP contribution in [0.15, 0.2) is 12.1 Å². The first-order valence-electron chi connectivity index (χ1n) is 16.0. The Morgan fingerprint density at radius 2 is 1.48 bits per heavy atom. The number of fused-ring (bicyclic) bond motifs is 1. The van der Waals surface area contributed by atoms with Crippen molar-refractivity contribution in [1.82, 2.24) is 0 Å². The number of rotatable bonds is 14. The van der Waals surface area contributed by atoms with E-state index < -0.39 is 0 Å².